The Morgan fingerprint density at radius 1 is 0.667 bits per heavy atom. The quantitative estimate of drug-likeness (QED) is 0.500. The van der Waals surface area contributed by atoms with Crippen molar-refractivity contribution in [2.24, 2.45) is 0 Å². The number of hydrogen-bond acceptors (Lipinski definition) is 3. The highest BCUT2D eigenvalue weighted by Gasteiger charge is 1.92. The van der Waals surface area contributed by atoms with Gasteiger partial charge in [0, 0.05) is 20.1 Å². The fourth-order valence-electron chi connectivity index (χ4n) is 1.64. The minimum atomic E-state index is -0.833. The van der Waals surface area contributed by atoms with E-state index in [-0.39, 0.29) is 0 Å². The standard InChI is InChI=1S/C12H26O2.C2H4O2/c13-11-9-7-5-3-1-2-4-6-8-10-12-14;1-2(3)4/h13-14H,1-12H2;1H3,(H,3,4). The molecular formula is C14H30O4. The fraction of sp³-hybridized carbons (Fsp3) is 0.929. The van der Waals surface area contributed by atoms with Crippen molar-refractivity contribution in [1.82, 2.24) is 0 Å². The minimum Gasteiger partial charge on any atom is -0.481 e. The topological polar surface area (TPSA) is 77.8 Å². The number of carbonyl (C=O) groups is 1. The van der Waals surface area contributed by atoms with Gasteiger partial charge >= 0.3 is 0 Å². The lowest BCUT2D eigenvalue weighted by Crippen LogP contribution is -1.85. The van der Waals surface area contributed by atoms with Gasteiger partial charge in [0.15, 0.2) is 0 Å². The molecule has 0 unspecified atom stereocenters. The van der Waals surface area contributed by atoms with Gasteiger partial charge in [0.05, 0.1) is 0 Å². The molecule has 0 amide bonds. The van der Waals surface area contributed by atoms with Crippen LogP contribution in [0.4, 0.5) is 0 Å². The largest absolute Gasteiger partial charge is 0.481 e. The molecule has 110 valence electrons. The number of aliphatic hydroxyl groups excluding tert-OH is 2. The van der Waals surface area contributed by atoms with E-state index in [0.29, 0.717) is 13.2 Å². The van der Waals surface area contributed by atoms with Crippen LogP contribution in [-0.2, 0) is 4.79 Å². The summed E-state index contributed by atoms with van der Waals surface area (Å²) < 4.78 is 0. The molecule has 0 rings (SSSR count). The van der Waals surface area contributed by atoms with E-state index in [9.17, 15) is 0 Å². The van der Waals surface area contributed by atoms with Gasteiger partial charge in [-0.2, -0.15) is 0 Å². The van der Waals surface area contributed by atoms with Gasteiger partial charge < -0.3 is 15.3 Å². The Labute approximate surface area is 111 Å². The van der Waals surface area contributed by atoms with Crippen LogP contribution in [0.25, 0.3) is 0 Å². The van der Waals surface area contributed by atoms with E-state index in [2.05, 4.69) is 0 Å². The van der Waals surface area contributed by atoms with Gasteiger partial charge in [-0.05, 0) is 12.8 Å². The molecule has 4 heteroatoms. The highest BCUT2D eigenvalue weighted by Crippen LogP contribution is 2.10. The van der Waals surface area contributed by atoms with Crippen molar-refractivity contribution in [3.05, 3.63) is 0 Å². The molecule has 0 aromatic carbocycles. The van der Waals surface area contributed by atoms with Crippen molar-refractivity contribution in [2.45, 2.75) is 71.1 Å². The Kier molecular flexibility index (Phi) is 20.5. The molecule has 0 bridgehead atoms. The lowest BCUT2D eigenvalue weighted by Gasteiger charge is -2.01. The Hall–Kier alpha value is -0.610. The van der Waals surface area contributed by atoms with Crippen LogP contribution in [-0.4, -0.2) is 34.5 Å². The van der Waals surface area contributed by atoms with Gasteiger partial charge in [-0.25, -0.2) is 0 Å². The molecule has 0 saturated carbocycles. The number of rotatable bonds is 11. The molecule has 0 radical (unpaired) electrons. The van der Waals surface area contributed by atoms with Crippen LogP contribution in [0.2, 0.25) is 0 Å². The van der Waals surface area contributed by atoms with E-state index in [4.69, 9.17) is 20.1 Å². The van der Waals surface area contributed by atoms with Crippen LogP contribution in [0, 0.1) is 0 Å². The van der Waals surface area contributed by atoms with Gasteiger partial charge in [-0.15, -0.1) is 0 Å². The lowest BCUT2D eigenvalue weighted by atomic mass is 10.1. The molecule has 0 aromatic heterocycles. The Morgan fingerprint density at radius 3 is 1.00 bits per heavy atom. The number of hydrogen-bond donors (Lipinski definition) is 3. The van der Waals surface area contributed by atoms with Crippen molar-refractivity contribution in [2.75, 3.05) is 13.2 Å². The van der Waals surface area contributed by atoms with Gasteiger partial charge in [-0.1, -0.05) is 51.4 Å². The van der Waals surface area contributed by atoms with Crippen LogP contribution >= 0.6 is 0 Å². The summed E-state index contributed by atoms with van der Waals surface area (Å²) in [5.74, 6) is -0.833. The van der Waals surface area contributed by atoms with Crippen LogP contribution < -0.4 is 0 Å². The summed E-state index contributed by atoms with van der Waals surface area (Å²) in [6, 6.07) is 0. The minimum absolute atomic E-state index is 0.348. The van der Waals surface area contributed by atoms with Crippen molar-refractivity contribution in [1.29, 1.82) is 0 Å². The van der Waals surface area contributed by atoms with Crippen molar-refractivity contribution < 1.29 is 20.1 Å². The first-order valence-corrected chi connectivity index (χ1v) is 7.06. The fourth-order valence-corrected chi connectivity index (χ4v) is 1.64. The van der Waals surface area contributed by atoms with Gasteiger partial charge in [0.25, 0.3) is 5.97 Å². The van der Waals surface area contributed by atoms with Crippen LogP contribution in [0.1, 0.15) is 71.1 Å². The molecule has 0 heterocycles. The molecule has 0 saturated heterocycles. The molecule has 0 atom stereocenters. The Balaban J connectivity index is 0. The molecule has 3 N–H and O–H groups in total. The van der Waals surface area contributed by atoms with E-state index in [1.54, 1.807) is 0 Å². The monoisotopic (exact) mass is 262 g/mol. The summed E-state index contributed by atoms with van der Waals surface area (Å²) in [7, 11) is 0. The zero-order valence-corrected chi connectivity index (χ0v) is 11.7. The molecule has 0 aliphatic rings. The van der Waals surface area contributed by atoms with Gasteiger partial charge in [0.2, 0.25) is 0 Å². The first kappa shape index (κ1) is 19.7. The molecule has 0 fully saturated rings. The van der Waals surface area contributed by atoms with E-state index in [0.717, 1.165) is 19.8 Å². The Bertz CT molecular complexity index is 144. The molecule has 18 heavy (non-hydrogen) atoms. The van der Waals surface area contributed by atoms with Crippen LogP contribution in [0.15, 0.2) is 0 Å². The Morgan fingerprint density at radius 2 is 0.833 bits per heavy atom. The number of aliphatic carboxylic acids is 1. The maximum Gasteiger partial charge on any atom is 0.300 e. The van der Waals surface area contributed by atoms with Crippen LogP contribution in [0.5, 0.6) is 0 Å². The number of unbranched alkanes of at least 4 members (excludes halogenated alkanes) is 9. The molecule has 0 aromatic rings. The second-order valence-electron chi connectivity index (χ2n) is 4.50. The highest BCUT2D eigenvalue weighted by atomic mass is 16.4. The molecule has 0 aliphatic carbocycles. The average Bonchev–Trinajstić information content (AvgIpc) is 2.31. The molecule has 4 nitrogen and oxygen atoms in total. The zero-order chi connectivity index (χ0) is 14.1. The van der Waals surface area contributed by atoms with Gasteiger partial charge in [0.1, 0.15) is 0 Å². The van der Waals surface area contributed by atoms with E-state index < -0.39 is 5.97 Å². The van der Waals surface area contributed by atoms with Crippen LogP contribution in [0.3, 0.4) is 0 Å². The van der Waals surface area contributed by atoms with Crippen molar-refractivity contribution in [3.63, 3.8) is 0 Å². The smallest absolute Gasteiger partial charge is 0.300 e. The predicted molar refractivity (Wildman–Crippen MR) is 73.7 cm³/mol. The number of aliphatic hydroxyl groups is 2. The predicted octanol–water partition coefficient (Wildman–Crippen LogP) is 2.96. The van der Waals surface area contributed by atoms with Gasteiger partial charge in [-0.3, -0.25) is 4.79 Å². The number of carboxylic acids is 1. The third kappa shape index (κ3) is 29.5. The SMILES string of the molecule is CC(=O)O.OCCCCCCCCCCCCO. The molecular weight excluding hydrogens is 232 g/mol. The maximum absolute atomic E-state index is 9.00. The third-order valence-corrected chi connectivity index (χ3v) is 2.57. The van der Waals surface area contributed by atoms with E-state index >= 15 is 0 Å². The summed E-state index contributed by atoms with van der Waals surface area (Å²) in [4.78, 5) is 9.00. The lowest BCUT2D eigenvalue weighted by molar-refractivity contribution is -0.134. The van der Waals surface area contributed by atoms with Crippen molar-refractivity contribution >= 4 is 5.97 Å². The molecule has 0 spiro atoms. The summed E-state index contributed by atoms with van der Waals surface area (Å²) in [6.07, 6.45) is 12.2. The second-order valence-corrected chi connectivity index (χ2v) is 4.50. The summed E-state index contributed by atoms with van der Waals surface area (Å²) in [6.45, 7) is 1.78. The number of carboxylic acid groups (broad SMARTS) is 1. The van der Waals surface area contributed by atoms with E-state index in [1.807, 2.05) is 0 Å². The third-order valence-electron chi connectivity index (χ3n) is 2.57. The maximum atomic E-state index is 9.00. The second kappa shape index (κ2) is 18.7. The van der Waals surface area contributed by atoms with E-state index in [1.165, 1.54) is 51.4 Å². The average molecular weight is 262 g/mol. The first-order chi connectivity index (χ1) is 8.65. The normalized spacial score (nSPS) is 9.72. The highest BCUT2D eigenvalue weighted by molar-refractivity contribution is 5.62. The van der Waals surface area contributed by atoms with Crippen molar-refractivity contribution in [3.8, 4) is 0 Å². The first-order valence-electron chi connectivity index (χ1n) is 7.06. The summed E-state index contributed by atoms with van der Waals surface area (Å²) in [5, 5.41) is 24.6. The molecule has 0 aliphatic heterocycles. The summed E-state index contributed by atoms with van der Waals surface area (Å²) >= 11 is 0. The zero-order valence-electron chi connectivity index (χ0n) is 11.7. The summed E-state index contributed by atoms with van der Waals surface area (Å²) in [5.41, 5.74) is 0.